The van der Waals surface area contributed by atoms with E-state index in [-0.39, 0.29) is 23.9 Å². The van der Waals surface area contributed by atoms with Gasteiger partial charge in [-0.1, -0.05) is 19.1 Å². The number of halogens is 2. The topological polar surface area (TPSA) is 38.2 Å². The molecule has 5 rings (SSSR count). The predicted molar refractivity (Wildman–Crippen MR) is 123 cm³/mol. The maximum Gasteiger partial charge on any atom is 0.225 e. The molecular weight excluding hydrogens is 428 g/mol. The summed E-state index contributed by atoms with van der Waals surface area (Å²) in [5.41, 5.74) is 2.35. The second-order valence-corrected chi connectivity index (χ2v) is 9.22. The number of benzene rings is 2. The van der Waals surface area contributed by atoms with E-state index in [2.05, 4.69) is 21.8 Å². The van der Waals surface area contributed by atoms with Crippen LogP contribution in [0.15, 0.2) is 53.7 Å². The van der Waals surface area contributed by atoms with Gasteiger partial charge < -0.3 is 9.64 Å². The first-order valence-electron chi connectivity index (χ1n) is 11.0. The Morgan fingerprint density at radius 1 is 1.03 bits per heavy atom. The van der Waals surface area contributed by atoms with E-state index in [9.17, 15) is 8.78 Å². The monoisotopic (exact) mass is 453 g/mol. The summed E-state index contributed by atoms with van der Waals surface area (Å²) in [7, 11) is 0. The Morgan fingerprint density at radius 3 is 2.34 bits per heavy atom. The molecule has 3 unspecified atom stereocenters. The van der Waals surface area contributed by atoms with Gasteiger partial charge in [0.2, 0.25) is 5.95 Å². The molecule has 3 aromatic rings. The van der Waals surface area contributed by atoms with Crippen LogP contribution < -0.4 is 9.64 Å². The van der Waals surface area contributed by atoms with Crippen molar-refractivity contribution in [2.24, 2.45) is 0 Å². The third-order valence-electron chi connectivity index (χ3n) is 6.50. The highest BCUT2D eigenvalue weighted by molar-refractivity contribution is 7.98. The minimum absolute atomic E-state index is 0.0186. The van der Waals surface area contributed by atoms with Gasteiger partial charge in [-0.2, -0.15) is 0 Å². The first-order valence-corrected chi connectivity index (χ1v) is 12.2. The summed E-state index contributed by atoms with van der Waals surface area (Å²) >= 11 is 1.62. The van der Waals surface area contributed by atoms with E-state index in [0.29, 0.717) is 17.9 Å². The fourth-order valence-electron chi connectivity index (χ4n) is 4.81. The van der Waals surface area contributed by atoms with Crippen molar-refractivity contribution in [2.75, 3.05) is 11.2 Å². The second-order valence-electron chi connectivity index (χ2n) is 8.34. The van der Waals surface area contributed by atoms with Crippen LogP contribution in [0.5, 0.6) is 5.75 Å². The van der Waals surface area contributed by atoms with Crippen LogP contribution in [0.4, 0.5) is 14.7 Å². The summed E-state index contributed by atoms with van der Waals surface area (Å²) in [6.45, 7) is 2.06. The lowest BCUT2D eigenvalue weighted by Crippen LogP contribution is -2.36. The molecule has 2 saturated heterocycles. The second kappa shape index (κ2) is 8.70. The van der Waals surface area contributed by atoms with Gasteiger partial charge in [0.05, 0.1) is 6.04 Å². The average molecular weight is 454 g/mol. The van der Waals surface area contributed by atoms with Crippen molar-refractivity contribution in [2.45, 2.75) is 55.7 Å². The van der Waals surface area contributed by atoms with E-state index in [4.69, 9.17) is 4.74 Å². The Kier molecular flexibility index (Phi) is 5.76. The molecule has 2 aliphatic rings. The van der Waals surface area contributed by atoms with Gasteiger partial charge in [0.25, 0.3) is 0 Å². The summed E-state index contributed by atoms with van der Waals surface area (Å²) in [4.78, 5) is 12.3. The lowest BCUT2D eigenvalue weighted by atomic mass is 9.97. The van der Waals surface area contributed by atoms with E-state index >= 15 is 0 Å². The van der Waals surface area contributed by atoms with Gasteiger partial charge >= 0.3 is 0 Å². The number of aromatic nitrogens is 2. The third kappa shape index (κ3) is 3.83. The molecule has 3 atom stereocenters. The zero-order valence-electron chi connectivity index (χ0n) is 18.1. The summed E-state index contributed by atoms with van der Waals surface area (Å²) in [6.07, 6.45) is 8.90. The molecule has 0 aliphatic carbocycles. The maximum atomic E-state index is 14.9. The SMILES string of the molecule is CCc1cnc(N2C3CCC2C(Oc2c(F)cc(-c4ccc(SC)cc4)cc2F)C3)nc1. The van der Waals surface area contributed by atoms with Crippen LogP contribution in [0.2, 0.25) is 0 Å². The highest BCUT2D eigenvalue weighted by atomic mass is 32.2. The van der Waals surface area contributed by atoms with Crippen molar-refractivity contribution in [3.8, 4) is 16.9 Å². The summed E-state index contributed by atoms with van der Waals surface area (Å²) in [5, 5.41) is 0. The highest BCUT2D eigenvalue weighted by Crippen LogP contribution is 2.42. The van der Waals surface area contributed by atoms with Crippen LogP contribution >= 0.6 is 11.8 Å². The minimum atomic E-state index is -0.674. The van der Waals surface area contributed by atoms with E-state index in [0.717, 1.165) is 35.3 Å². The fourth-order valence-corrected chi connectivity index (χ4v) is 5.22. The smallest absolute Gasteiger partial charge is 0.225 e. The van der Waals surface area contributed by atoms with Crippen LogP contribution in [0, 0.1) is 11.6 Å². The molecule has 0 saturated carbocycles. The largest absolute Gasteiger partial charge is 0.482 e. The Morgan fingerprint density at radius 2 is 1.72 bits per heavy atom. The van der Waals surface area contributed by atoms with Crippen LogP contribution in [0.25, 0.3) is 11.1 Å². The van der Waals surface area contributed by atoms with Gasteiger partial charge in [-0.3, -0.25) is 0 Å². The lowest BCUT2D eigenvalue weighted by Gasteiger charge is -2.25. The number of fused-ring (bicyclic) bond motifs is 2. The molecule has 2 aliphatic heterocycles. The number of nitrogens with zero attached hydrogens (tertiary/aromatic N) is 3. The summed E-state index contributed by atoms with van der Waals surface area (Å²) < 4.78 is 35.8. The van der Waals surface area contributed by atoms with Crippen LogP contribution in [-0.4, -0.2) is 34.4 Å². The molecule has 2 aromatic carbocycles. The van der Waals surface area contributed by atoms with Gasteiger partial charge in [-0.05, 0) is 66.5 Å². The van der Waals surface area contributed by atoms with Crippen LogP contribution in [0.3, 0.4) is 0 Å². The van der Waals surface area contributed by atoms with Crippen LogP contribution in [0.1, 0.15) is 31.7 Å². The summed E-state index contributed by atoms with van der Waals surface area (Å²) in [5.74, 6) is -0.973. The third-order valence-corrected chi connectivity index (χ3v) is 7.25. The summed E-state index contributed by atoms with van der Waals surface area (Å²) in [6, 6.07) is 10.6. The number of aryl methyl sites for hydroxylation is 1. The number of thioether (sulfide) groups is 1. The molecule has 4 nitrogen and oxygen atoms in total. The molecule has 166 valence electrons. The van der Waals surface area contributed by atoms with Gasteiger partial charge in [-0.25, -0.2) is 18.7 Å². The molecule has 0 N–H and O–H groups in total. The highest BCUT2D eigenvalue weighted by Gasteiger charge is 2.49. The zero-order chi connectivity index (χ0) is 22.2. The number of ether oxygens (including phenoxy) is 1. The Labute approximate surface area is 191 Å². The Hall–Kier alpha value is -2.67. The van der Waals surface area contributed by atoms with Crippen molar-refractivity contribution < 1.29 is 13.5 Å². The van der Waals surface area contributed by atoms with E-state index in [1.807, 2.05) is 42.9 Å². The normalized spacial score (nSPS) is 21.9. The number of anilines is 1. The van der Waals surface area contributed by atoms with E-state index in [1.54, 1.807) is 11.8 Å². The quantitative estimate of drug-likeness (QED) is 0.435. The molecule has 0 spiro atoms. The lowest BCUT2D eigenvalue weighted by molar-refractivity contribution is 0.158. The molecule has 1 aromatic heterocycles. The number of hydrogen-bond donors (Lipinski definition) is 0. The van der Waals surface area contributed by atoms with Crippen LogP contribution in [-0.2, 0) is 6.42 Å². The van der Waals surface area contributed by atoms with E-state index < -0.39 is 11.6 Å². The van der Waals surface area contributed by atoms with E-state index in [1.165, 1.54) is 12.1 Å². The van der Waals surface area contributed by atoms with Crippen molar-refractivity contribution in [3.63, 3.8) is 0 Å². The standard InChI is InChI=1S/C25H25F2N3OS/c1-3-15-13-28-25(29-14-15)30-18-6-9-22(30)23(12-18)31-24-20(26)10-17(11-21(24)27)16-4-7-19(32-2)8-5-16/h4-5,7-8,10-11,13-14,18,22-23H,3,6,9,12H2,1-2H3. The maximum absolute atomic E-state index is 14.9. The van der Waals surface area contributed by atoms with Crippen molar-refractivity contribution in [1.29, 1.82) is 0 Å². The average Bonchev–Trinajstić information content (AvgIpc) is 3.39. The minimum Gasteiger partial charge on any atom is -0.482 e. The van der Waals surface area contributed by atoms with Gasteiger partial charge in [-0.15, -0.1) is 11.8 Å². The number of hydrogen-bond acceptors (Lipinski definition) is 5. The molecule has 2 bridgehead atoms. The fraction of sp³-hybridized carbons (Fsp3) is 0.360. The molecule has 0 amide bonds. The first-order chi connectivity index (χ1) is 15.6. The van der Waals surface area contributed by atoms with Gasteiger partial charge in [0, 0.05) is 29.8 Å². The Bertz CT molecular complexity index is 1080. The number of rotatable bonds is 6. The van der Waals surface area contributed by atoms with Crippen molar-refractivity contribution >= 4 is 17.7 Å². The molecule has 7 heteroatoms. The Balaban J connectivity index is 1.36. The molecule has 0 radical (unpaired) electrons. The zero-order valence-corrected chi connectivity index (χ0v) is 18.9. The van der Waals surface area contributed by atoms with Crippen molar-refractivity contribution in [3.05, 3.63) is 66.0 Å². The molecular formula is C25H25F2N3OS. The van der Waals surface area contributed by atoms with Gasteiger partial charge in [0.1, 0.15) is 6.10 Å². The van der Waals surface area contributed by atoms with Crippen molar-refractivity contribution in [1.82, 2.24) is 9.97 Å². The molecule has 3 heterocycles. The van der Waals surface area contributed by atoms with Gasteiger partial charge in [0.15, 0.2) is 17.4 Å². The molecule has 32 heavy (non-hydrogen) atoms. The molecule has 2 fully saturated rings. The predicted octanol–water partition coefficient (Wildman–Crippen LogP) is 5.89. The first kappa shape index (κ1) is 21.2.